The van der Waals surface area contributed by atoms with Crippen LogP contribution in [0.25, 0.3) is 0 Å². The summed E-state index contributed by atoms with van der Waals surface area (Å²) in [5.41, 5.74) is 0. The van der Waals surface area contributed by atoms with Crippen molar-refractivity contribution < 1.29 is 15.0 Å². The fourth-order valence-electron chi connectivity index (χ4n) is 0. The molecule has 3 heteroatoms. The molecule has 0 aliphatic rings. The third-order valence-electron chi connectivity index (χ3n) is 0.498. The van der Waals surface area contributed by atoms with Crippen LogP contribution in [0.3, 0.4) is 0 Å². The van der Waals surface area contributed by atoms with Crippen LogP contribution in [-0.2, 0) is 4.79 Å². The van der Waals surface area contributed by atoms with Crippen LogP contribution in [0.4, 0.5) is 0 Å². The molecule has 0 atom stereocenters. The molecule has 3 nitrogen and oxygen atoms in total. The van der Waals surface area contributed by atoms with Gasteiger partial charge in [-0.15, -0.1) is 0 Å². The number of hydrogen-bond acceptors (Lipinski definition) is 3. The van der Waals surface area contributed by atoms with Crippen LogP contribution in [0.5, 0.6) is 0 Å². The largest absolute Gasteiger partial charge is 0.400 e. The summed E-state index contributed by atoms with van der Waals surface area (Å²) in [5.74, 6) is 0.255. The molecule has 2 N–H and O–H groups in total. The van der Waals surface area contributed by atoms with Gasteiger partial charge in [0.15, 0.2) is 0 Å². The monoisotopic (exact) mass is 136 g/mol. The molecule has 0 aliphatic heterocycles. The number of rotatable bonds is 1. The van der Waals surface area contributed by atoms with E-state index in [1.165, 1.54) is 0 Å². The van der Waals surface area contributed by atoms with Crippen LogP contribution in [-0.4, -0.2) is 30.2 Å². The molecule has 0 rings (SSSR count). The summed E-state index contributed by atoms with van der Waals surface area (Å²) in [5, 5.41) is 14.0. The predicted molar refractivity (Wildman–Crippen MR) is 37.3 cm³/mol. The van der Waals surface area contributed by atoms with Crippen LogP contribution >= 0.6 is 0 Å². The van der Waals surface area contributed by atoms with Crippen molar-refractivity contribution in [1.82, 2.24) is 0 Å². The van der Waals surface area contributed by atoms with Crippen LogP contribution in [0.15, 0.2) is 0 Å². The zero-order valence-corrected chi connectivity index (χ0v) is 6.51. The van der Waals surface area contributed by atoms with E-state index < -0.39 is 0 Å². The number of carbonyl (C=O) groups excluding carboxylic acids is 1. The molecule has 0 saturated heterocycles. The third kappa shape index (κ3) is 93.8. The summed E-state index contributed by atoms with van der Waals surface area (Å²) in [6, 6.07) is 0. The Morgan fingerprint density at radius 3 is 1.33 bits per heavy atom. The molecule has 0 amide bonds. The molecular formula is C6H16O3. The van der Waals surface area contributed by atoms with Crippen LogP contribution in [0.2, 0.25) is 0 Å². The number of hydrogen-bond donors (Lipinski definition) is 2. The minimum absolute atomic E-state index is 0.255. The highest BCUT2D eigenvalue weighted by Gasteiger charge is 1.76. The second kappa shape index (κ2) is 25.6. The van der Waals surface area contributed by atoms with E-state index in [4.69, 9.17) is 10.2 Å². The molecule has 58 valence electrons. The first-order valence-electron chi connectivity index (χ1n) is 2.66. The molecule has 0 aromatic heterocycles. The lowest BCUT2D eigenvalue weighted by molar-refractivity contribution is -0.116. The van der Waals surface area contributed by atoms with Crippen molar-refractivity contribution in [1.29, 1.82) is 0 Å². The minimum atomic E-state index is 0.255. The Morgan fingerprint density at radius 2 is 1.33 bits per heavy atom. The molecule has 0 aromatic carbocycles. The molecule has 0 unspecified atom stereocenters. The van der Waals surface area contributed by atoms with Crippen LogP contribution < -0.4 is 0 Å². The lowest BCUT2D eigenvalue weighted by atomic mass is 10.4. The highest BCUT2D eigenvalue weighted by Crippen LogP contribution is 1.71. The van der Waals surface area contributed by atoms with E-state index >= 15 is 0 Å². The van der Waals surface area contributed by atoms with E-state index in [9.17, 15) is 4.79 Å². The average molecular weight is 136 g/mol. The SMILES string of the molecule is CCC(C)=O.CO.CO. The molecule has 0 saturated carbocycles. The van der Waals surface area contributed by atoms with Gasteiger partial charge in [-0.05, 0) is 6.92 Å². The molecule has 0 fully saturated rings. The highest BCUT2D eigenvalue weighted by molar-refractivity contribution is 5.74. The number of aliphatic hydroxyl groups is 2. The van der Waals surface area contributed by atoms with Gasteiger partial charge in [-0.3, -0.25) is 0 Å². The maximum Gasteiger partial charge on any atom is 0.129 e. The molecule has 0 radical (unpaired) electrons. The Labute approximate surface area is 56.3 Å². The van der Waals surface area contributed by atoms with Crippen molar-refractivity contribution in [3.8, 4) is 0 Å². The number of ketones is 1. The highest BCUT2D eigenvalue weighted by atomic mass is 16.2. The van der Waals surface area contributed by atoms with Gasteiger partial charge >= 0.3 is 0 Å². The van der Waals surface area contributed by atoms with Crippen molar-refractivity contribution in [3.63, 3.8) is 0 Å². The Hall–Kier alpha value is -0.410. The second-order valence-electron chi connectivity index (χ2n) is 1.06. The summed E-state index contributed by atoms with van der Waals surface area (Å²) in [6.45, 7) is 3.43. The number of Topliss-reactive ketones (excluding diaryl/α,β-unsaturated/α-hetero) is 1. The summed E-state index contributed by atoms with van der Waals surface area (Å²) in [7, 11) is 2.00. The van der Waals surface area contributed by atoms with E-state index in [1.807, 2.05) is 6.92 Å². The molecular weight excluding hydrogens is 120 g/mol. The van der Waals surface area contributed by atoms with Gasteiger partial charge in [-0.1, -0.05) is 6.92 Å². The minimum Gasteiger partial charge on any atom is -0.400 e. The van der Waals surface area contributed by atoms with Crippen molar-refractivity contribution >= 4 is 5.78 Å². The average Bonchev–Trinajstić information content (AvgIpc) is 1.97. The maximum atomic E-state index is 9.81. The van der Waals surface area contributed by atoms with Crippen molar-refractivity contribution in [2.24, 2.45) is 0 Å². The van der Waals surface area contributed by atoms with Gasteiger partial charge in [0.25, 0.3) is 0 Å². The molecule has 9 heavy (non-hydrogen) atoms. The molecule has 0 aromatic rings. The van der Waals surface area contributed by atoms with Gasteiger partial charge in [0.2, 0.25) is 0 Å². The standard InChI is InChI=1S/C4H8O.2CH4O/c1-3-4(2)5;2*1-2/h3H2,1-2H3;2*2H,1H3. The van der Waals surface area contributed by atoms with E-state index in [0.29, 0.717) is 6.42 Å². The predicted octanol–water partition coefficient (Wildman–Crippen LogP) is 0.202. The summed E-state index contributed by atoms with van der Waals surface area (Å²) >= 11 is 0. The summed E-state index contributed by atoms with van der Waals surface area (Å²) in [6.07, 6.45) is 0.667. The van der Waals surface area contributed by atoms with E-state index in [0.717, 1.165) is 14.2 Å². The third-order valence-corrected chi connectivity index (χ3v) is 0.498. The van der Waals surface area contributed by atoms with E-state index in [1.54, 1.807) is 6.92 Å². The Morgan fingerprint density at radius 1 is 1.22 bits per heavy atom. The number of carbonyl (C=O) groups is 1. The van der Waals surface area contributed by atoms with Gasteiger partial charge in [0, 0.05) is 20.6 Å². The number of aliphatic hydroxyl groups excluding tert-OH is 2. The van der Waals surface area contributed by atoms with Gasteiger partial charge in [0.05, 0.1) is 0 Å². The van der Waals surface area contributed by atoms with Gasteiger partial charge in [-0.25, -0.2) is 0 Å². The summed E-state index contributed by atoms with van der Waals surface area (Å²) < 4.78 is 0. The normalized spacial score (nSPS) is 5.56. The van der Waals surface area contributed by atoms with E-state index in [-0.39, 0.29) is 5.78 Å². The zero-order chi connectivity index (χ0) is 8.28. The lowest BCUT2D eigenvalue weighted by Crippen LogP contribution is -1.80. The first-order chi connectivity index (χ1) is 4.27. The molecule has 0 aliphatic carbocycles. The first-order valence-corrected chi connectivity index (χ1v) is 2.66. The van der Waals surface area contributed by atoms with Gasteiger partial charge in [-0.2, -0.15) is 0 Å². The zero-order valence-electron chi connectivity index (χ0n) is 6.51. The Bertz CT molecular complexity index is 43.6. The molecule has 0 spiro atoms. The topological polar surface area (TPSA) is 57.5 Å². The summed E-state index contributed by atoms with van der Waals surface area (Å²) in [4.78, 5) is 9.81. The van der Waals surface area contributed by atoms with Crippen molar-refractivity contribution in [2.45, 2.75) is 20.3 Å². The smallest absolute Gasteiger partial charge is 0.129 e. The van der Waals surface area contributed by atoms with Crippen molar-refractivity contribution in [3.05, 3.63) is 0 Å². The fourth-order valence-corrected chi connectivity index (χ4v) is 0. The van der Waals surface area contributed by atoms with Crippen LogP contribution in [0.1, 0.15) is 20.3 Å². The Kier molecular flexibility index (Phi) is 45.0. The lowest BCUT2D eigenvalue weighted by Gasteiger charge is -1.71. The van der Waals surface area contributed by atoms with Crippen LogP contribution in [0, 0.1) is 0 Å². The van der Waals surface area contributed by atoms with E-state index in [2.05, 4.69) is 0 Å². The van der Waals surface area contributed by atoms with Crippen molar-refractivity contribution in [2.75, 3.05) is 14.2 Å². The Balaban J connectivity index is -0.0000000771. The first kappa shape index (κ1) is 15.8. The quantitative estimate of drug-likeness (QED) is 0.541. The molecule has 0 bridgehead atoms. The van der Waals surface area contributed by atoms with Gasteiger partial charge in [0.1, 0.15) is 5.78 Å². The fraction of sp³-hybridized carbons (Fsp3) is 0.833. The maximum absolute atomic E-state index is 9.81. The second-order valence-corrected chi connectivity index (χ2v) is 1.06. The molecule has 0 heterocycles. The van der Waals surface area contributed by atoms with Gasteiger partial charge < -0.3 is 15.0 Å².